The maximum absolute atomic E-state index is 11.7. The van der Waals surface area contributed by atoms with E-state index in [1.807, 2.05) is 0 Å². The van der Waals surface area contributed by atoms with Gasteiger partial charge in [0.15, 0.2) is 5.78 Å². The molecule has 4 nitrogen and oxygen atoms in total. The van der Waals surface area contributed by atoms with E-state index in [4.69, 9.17) is 11.6 Å². The van der Waals surface area contributed by atoms with E-state index in [0.29, 0.717) is 10.6 Å². The molecular weight excluding hydrogens is 214 g/mol. The number of halogens is 1. The molecular formula is C10H8ClN3O. The summed E-state index contributed by atoms with van der Waals surface area (Å²) in [5.41, 5.74) is 0.608. The maximum atomic E-state index is 11.7. The minimum atomic E-state index is -0.0390. The van der Waals surface area contributed by atoms with Crippen molar-refractivity contribution in [1.82, 2.24) is 15.0 Å². The Morgan fingerprint density at radius 2 is 1.80 bits per heavy atom. The number of hydrogen-bond acceptors (Lipinski definition) is 3. The molecule has 0 atom stereocenters. The molecule has 0 aliphatic heterocycles. The second-order valence-electron chi connectivity index (χ2n) is 2.99. The Morgan fingerprint density at radius 1 is 1.20 bits per heavy atom. The van der Waals surface area contributed by atoms with Gasteiger partial charge in [0.05, 0.1) is 12.4 Å². The summed E-state index contributed by atoms with van der Waals surface area (Å²) in [4.78, 5) is 13.0. The molecule has 1 heterocycles. The topological polar surface area (TPSA) is 47.8 Å². The Bertz CT molecular complexity index is 450. The van der Waals surface area contributed by atoms with Gasteiger partial charge in [-0.3, -0.25) is 4.79 Å². The third-order valence-corrected chi connectivity index (χ3v) is 2.17. The summed E-state index contributed by atoms with van der Waals surface area (Å²) in [5.74, 6) is -0.0390. The molecule has 0 spiro atoms. The summed E-state index contributed by atoms with van der Waals surface area (Å²) in [6.07, 6.45) is 3.07. The van der Waals surface area contributed by atoms with Crippen LogP contribution in [0.2, 0.25) is 5.02 Å². The number of nitrogens with zero attached hydrogens (tertiary/aromatic N) is 3. The van der Waals surface area contributed by atoms with E-state index in [9.17, 15) is 4.79 Å². The zero-order valence-electron chi connectivity index (χ0n) is 7.80. The summed E-state index contributed by atoms with van der Waals surface area (Å²) in [7, 11) is 0. The predicted octanol–water partition coefficient (Wildman–Crippen LogP) is 1.81. The van der Waals surface area contributed by atoms with Crippen LogP contribution in [-0.4, -0.2) is 20.8 Å². The molecule has 2 aromatic rings. The van der Waals surface area contributed by atoms with Crippen LogP contribution in [0, 0.1) is 0 Å². The average molecular weight is 222 g/mol. The Balaban J connectivity index is 2.11. The number of carbonyl (C=O) groups is 1. The summed E-state index contributed by atoms with van der Waals surface area (Å²) >= 11 is 5.72. The molecule has 0 saturated heterocycles. The van der Waals surface area contributed by atoms with Gasteiger partial charge in [-0.05, 0) is 24.3 Å². The van der Waals surface area contributed by atoms with Gasteiger partial charge in [0.1, 0.15) is 6.54 Å². The van der Waals surface area contributed by atoms with Gasteiger partial charge >= 0.3 is 0 Å². The van der Waals surface area contributed by atoms with Gasteiger partial charge in [0, 0.05) is 10.6 Å². The summed E-state index contributed by atoms with van der Waals surface area (Å²) in [6.45, 7) is 0.147. The van der Waals surface area contributed by atoms with Crippen LogP contribution in [0.25, 0.3) is 0 Å². The first kappa shape index (κ1) is 9.86. The lowest BCUT2D eigenvalue weighted by molar-refractivity contribution is 0.0962. The normalized spacial score (nSPS) is 10.2. The van der Waals surface area contributed by atoms with Crippen LogP contribution in [0.4, 0.5) is 0 Å². The molecule has 5 heteroatoms. The number of ketones is 1. The van der Waals surface area contributed by atoms with Crippen molar-refractivity contribution >= 4 is 17.4 Å². The van der Waals surface area contributed by atoms with E-state index in [0.717, 1.165) is 0 Å². The van der Waals surface area contributed by atoms with Crippen LogP contribution < -0.4 is 0 Å². The first-order valence-corrected chi connectivity index (χ1v) is 4.76. The van der Waals surface area contributed by atoms with E-state index >= 15 is 0 Å². The fourth-order valence-corrected chi connectivity index (χ4v) is 1.31. The lowest BCUT2D eigenvalue weighted by Gasteiger charge is -2.00. The number of Topliss-reactive ketones (excluding diaryl/α,β-unsaturated/α-hetero) is 1. The van der Waals surface area contributed by atoms with Crippen LogP contribution in [0.3, 0.4) is 0 Å². The van der Waals surface area contributed by atoms with Gasteiger partial charge in [-0.2, -0.15) is 15.0 Å². The quantitative estimate of drug-likeness (QED) is 0.743. The van der Waals surface area contributed by atoms with E-state index in [-0.39, 0.29) is 12.3 Å². The number of benzene rings is 1. The molecule has 0 N–H and O–H groups in total. The second-order valence-corrected chi connectivity index (χ2v) is 3.43. The highest BCUT2D eigenvalue weighted by Crippen LogP contribution is 2.10. The summed E-state index contributed by atoms with van der Waals surface area (Å²) in [6, 6.07) is 6.75. The van der Waals surface area contributed by atoms with Crippen molar-refractivity contribution in [2.75, 3.05) is 0 Å². The highest BCUT2D eigenvalue weighted by atomic mass is 35.5. The fraction of sp³-hybridized carbons (Fsp3) is 0.100. The molecule has 0 saturated carbocycles. The molecule has 0 aliphatic rings. The summed E-state index contributed by atoms with van der Waals surface area (Å²) < 4.78 is 0. The molecule has 0 radical (unpaired) electrons. The maximum Gasteiger partial charge on any atom is 0.186 e. The van der Waals surface area contributed by atoms with Crippen LogP contribution in [0.15, 0.2) is 36.7 Å². The van der Waals surface area contributed by atoms with Crippen LogP contribution in [0.1, 0.15) is 10.4 Å². The molecule has 1 aromatic heterocycles. The molecule has 0 amide bonds. The van der Waals surface area contributed by atoms with Gasteiger partial charge in [-0.1, -0.05) is 11.6 Å². The van der Waals surface area contributed by atoms with E-state index in [2.05, 4.69) is 10.2 Å². The summed E-state index contributed by atoms with van der Waals surface area (Å²) in [5, 5.41) is 8.33. The molecule has 0 aliphatic carbocycles. The molecule has 0 unspecified atom stereocenters. The Labute approximate surface area is 91.5 Å². The number of rotatable bonds is 3. The molecule has 0 bridgehead atoms. The second kappa shape index (κ2) is 4.23. The minimum Gasteiger partial charge on any atom is -0.292 e. The number of aromatic nitrogens is 3. The smallest absolute Gasteiger partial charge is 0.186 e. The molecule has 76 valence electrons. The Hall–Kier alpha value is -1.68. The first-order valence-electron chi connectivity index (χ1n) is 4.38. The molecule has 15 heavy (non-hydrogen) atoms. The van der Waals surface area contributed by atoms with Gasteiger partial charge in [-0.25, -0.2) is 0 Å². The fourth-order valence-electron chi connectivity index (χ4n) is 1.18. The van der Waals surface area contributed by atoms with Gasteiger partial charge in [0.25, 0.3) is 0 Å². The molecule has 0 fully saturated rings. The Kier molecular flexibility index (Phi) is 2.78. The van der Waals surface area contributed by atoms with Gasteiger partial charge < -0.3 is 0 Å². The SMILES string of the molecule is O=C(Cn1nccn1)c1ccc(Cl)cc1. The molecule has 1 aromatic carbocycles. The first-order chi connectivity index (χ1) is 7.25. The van der Waals surface area contributed by atoms with Crippen molar-refractivity contribution in [2.24, 2.45) is 0 Å². The lowest BCUT2D eigenvalue weighted by Crippen LogP contribution is -2.12. The van der Waals surface area contributed by atoms with Crippen LogP contribution >= 0.6 is 11.6 Å². The van der Waals surface area contributed by atoms with E-state index < -0.39 is 0 Å². The van der Waals surface area contributed by atoms with Crippen molar-refractivity contribution in [3.05, 3.63) is 47.2 Å². The Morgan fingerprint density at radius 3 is 2.40 bits per heavy atom. The third kappa shape index (κ3) is 2.41. The lowest BCUT2D eigenvalue weighted by atomic mass is 10.1. The average Bonchev–Trinajstić information content (AvgIpc) is 2.71. The van der Waals surface area contributed by atoms with Crippen LogP contribution in [-0.2, 0) is 6.54 Å². The van der Waals surface area contributed by atoms with Gasteiger partial charge in [-0.15, -0.1) is 0 Å². The minimum absolute atomic E-state index is 0.0390. The van der Waals surface area contributed by atoms with Crippen molar-refractivity contribution in [1.29, 1.82) is 0 Å². The van der Waals surface area contributed by atoms with Crippen LogP contribution in [0.5, 0.6) is 0 Å². The van der Waals surface area contributed by atoms with Crippen molar-refractivity contribution in [3.8, 4) is 0 Å². The van der Waals surface area contributed by atoms with Crippen molar-refractivity contribution in [3.63, 3.8) is 0 Å². The van der Waals surface area contributed by atoms with Crippen molar-refractivity contribution < 1.29 is 4.79 Å². The molecule has 2 rings (SSSR count). The van der Waals surface area contributed by atoms with E-state index in [1.165, 1.54) is 17.2 Å². The zero-order chi connectivity index (χ0) is 10.7. The number of carbonyl (C=O) groups excluding carboxylic acids is 1. The largest absolute Gasteiger partial charge is 0.292 e. The standard InChI is InChI=1S/C10H8ClN3O/c11-9-3-1-8(2-4-9)10(15)7-14-12-5-6-13-14/h1-6H,7H2. The highest BCUT2D eigenvalue weighted by Gasteiger charge is 2.06. The van der Waals surface area contributed by atoms with Gasteiger partial charge in [0.2, 0.25) is 0 Å². The highest BCUT2D eigenvalue weighted by molar-refractivity contribution is 6.30. The zero-order valence-corrected chi connectivity index (χ0v) is 8.55. The monoisotopic (exact) mass is 221 g/mol. The number of hydrogen-bond donors (Lipinski definition) is 0. The third-order valence-electron chi connectivity index (χ3n) is 1.92. The predicted molar refractivity (Wildman–Crippen MR) is 55.8 cm³/mol. The van der Waals surface area contributed by atoms with E-state index in [1.54, 1.807) is 24.3 Å². The van der Waals surface area contributed by atoms with Crippen molar-refractivity contribution in [2.45, 2.75) is 6.54 Å².